The zero-order valence-electron chi connectivity index (χ0n) is 11.0. The van der Waals surface area contributed by atoms with Crippen molar-refractivity contribution < 1.29 is 0 Å². The van der Waals surface area contributed by atoms with Gasteiger partial charge < -0.3 is 15.5 Å². The number of likely N-dealkylation sites (N-methyl/N-ethyl adjacent to an activating group) is 1. The molecular weight excluding hydrogens is 212 g/mol. The van der Waals surface area contributed by atoms with Gasteiger partial charge in [0.2, 0.25) is 0 Å². The van der Waals surface area contributed by atoms with Crippen molar-refractivity contribution in [2.75, 3.05) is 31.6 Å². The largest absolute Gasteiger partial charge is 0.351 e. The molecule has 1 fully saturated rings. The van der Waals surface area contributed by atoms with Gasteiger partial charge in [0.25, 0.3) is 0 Å². The number of pyridine rings is 1. The van der Waals surface area contributed by atoms with E-state index in [4.69, 9.17) is 5.73 Å². The average molecular weight is 234 g/mol. The molecule has 0 saturated carbocycles. The Kier molecular flexibility index (Phi) is 3.64. The molecule has 4 nitrogen and oxygen atoms in total. The molecule has 0 bridgehead atoms. The summed E-state index contributed by atoms with van der Waals surface area (Å²) >= 11 is 0. The second-order valence-corrected chi connectivity index (χ2v) is 4.92. The van der Waals surface area contributed by atoms with Crippen LogP contribution in [0.4, 0.5) is 5.82 Å². The molecule has 2 heterocycles. The van der Waals surface area contributed by atoms with Crippen LogP contribution in [-0.2, 0) is 6.54 Å². The molecule has 2 N–H and O–H groups in total. The minimum atomic E-state index is 0.518. The molecule has 2 rings (SSSR count). The Balaban J connectivity index is 2.19. The van der Waals surface area contributed by atoms with Gasteiger partial charge in [-0.15, -0.1) is 0 Å². The van der Waals surface area contributed by atoms with Crippen LogP contribution >= 0.6 is 0 Å². The number of rotatable bonds is 2. The lowest BCUT2D eigenvalue weighted by atomic mass is 10.1. The molecule has 1 unspecified atom stereocenters. The number of hydrogen-bond acceptors (Lipinski definition) is 4. The number of nitrogens with two attached hydrogens (primary N) is 1. The molecule has 0 aliphatic carbocycles. The van der Waals surface area contributed by atoms with E-state index in [2.05, 4.69) is 40.9 Å². The summed E-state index contributed by atoms with van der Waals surface area (Å²) in [4.78, 5) is 9.42. The summed E-state index contributed by atoms with van der Waals surface area (Å²) in [5.41, 5.74) is 7.85. The molecule has 0 spiro atoms. The zero-order chi connectivity index (χ0) is 12.4. The predicted octanol–water partition coefficient (Wildman–Crippen LogP) is 0.989. The molecule has 0 amide bonds. The smallest absolute Gasteiger partial charge is 0.129 e. The molecule has 1 saturated heterocycles. The van der Waals surface area contributed by atoms with E-state index >= 15 is 0 Å². The SMILES string of the molecule is Cc1nc(N2CCN(C)CC2C)ccc1CN. The van der Waals surface area contributed by atoms with E-state index in [9.17, 15) is 0 Å². The number of aromatic nitrogens is 1. The first kappa shape index (κ1) is 12.3. The Hall–Kier alpha value is -1.13. The minimum Gasteiger partial charge on any atom is -0.351 e. The summed E-state index contributed by atoms with van der Waals surface area (Å²) in [5.74, 6) is 1.08. The van der Waals surface area contributed by atoms with E-state index in [1.807, 2.05) is 6.92 Å². The summed E-state index contributed by atoms with van der Waals surface area (Å²) in [6, 6.07) is 4.71. The van der Waals surface area contributed by atoms with Gasteiger partial charge >= 0.3 is 0 Å². The highest BCUT2D eigenvalue weighted by atomic mass is 15.3. The van der Waals surface area contributed by atoms with Gasteiger partial charge in [-0.1, -0.05) is 6.07 Å². The quantitative estimate of drug-likeness (QED) is 0.829. The first-order valence-corrected chi connectivity index (χ1v) is 6.23. The molecule has 1 aromatic rings. The Morgan fingerprint density at radius 3 is 2.76 bits per heavy atom. The van der Waals surface area contributed by atoms with Gasteiger partial charge in [-0.3, -0.25) is 0 Å². The molecule has 0 aromatic carbocycles. The molecule has 0 radical (unpaired) electrons. The summed E-state index contributed by atoms with van der Waals surface area (Å²) in [6.07, 6.45) is 0. The Labute approximate surface area is 103 Å². The highest BCUT2D eigenvalue weighted by Crippen LogP contribution is 2.19. The van der Waals surface area contributed by atoms with Gasteiger partial charge in [-0.2, -0.15) is 0 Å². The van der Waals surface area contributed by atoms with Crippen molar-refractivity contribution in [2.24, 2.45) is 5.73 Å². The maximum absolute atomic E-state index is 5.66. The monoisotopic (exact) mass is 234 g/mol. The second kappa shape index (κ2) is 5.02. The molecule has 1 aliphatic rings. The topological polar surface area (TPSA) is 45.4 Å². The Morgan fingerprint density at radius 1 is 1.41 bits per heavy atom. The van der Waals surface area contributed by atoms with Crippen molar-refractivity contribution in [3.05, 3.63) is 23.4 Å². The Bertz CT molecular complexity index is 391. The van der Waals surface area contributed by atoms with Crippen molar-refractivity contribution in [1.82, 2.24) is 9.88 Å². The number of hydrogen-bond donors (Lipinski definition) is 1. The van der Waals surface area contributed by atoms with E-state index < -0.39 is 0 Å². The first-order chi connectivity index (χ1) is 8.11. The van der Waals surface area contributed by atoms with Gasteiger partial charge in [-0.25, -0.2) is 4.98 Å². The maximum Gasteiger partial charge on any atom is 0.129 e. The van der Waals surface area contributed by atoms with Gasteiger partial charge in [0.15, 0.2) is 0 Å². The van der Waals surface area contributed by atoms with E-state index in [-0.39, 0.29) is 0 Å². The summed E-state index contributed by atoms with van der Waals surface area (Å²) in [7, 11) is 2.17. The van der Waals surface area contributed by atoms with Crippen LogP contribution in [0.3, 0.4) is 0 Å². The fraction of sp³-hybridized carbons (Fsp3) is 0.615. The highest BCUT2D eigenvalue weighted by Gasteiger charge is 2.22. The lowest BCUT2D eigenvalue weighted by molar-refractivity contribution is 0.274. The van der Waals surface area contributed by atoms with Crippen molar-refractivity contribution in [3.63, 3.8) is 0 Å². The fourth-order valence-corrected chi connectivity index (χ4v) is 2.43. The van der Waals surface area contributed by atoms with Gasteiger partial charge in [0, 0.05) is 37.9 Å². The normalized spacial score (nSPS) is 21.9. The molecule has 1 atom stereocenters. The van der Waals surface area contributed by atoms with Crippen LogP contribution in [0, 0.1) is 6.92 Å². The zero-order valence-corrected chi connectivity index (χ0v) is 11.0. The lowest BCUT2D eigenvalue weighted by Crippen LogP contribution is -2.50. The van der Waals surface area contributed by atoms with Crippen LogP contribution in [0.15, 0.2) is 12.1 Å². The van der Waals surface area contributed by atoms with Crippen molar-refractivity contribution >= 4 is 5.82 Å². The van der Waals surface area contributed by atoms with Crippen LogP contribution < -0.4 is 10.6 Å². The van der Waals surface area contributed by atoms with E-state index in [0.29, 0.717) is 12.6 Å². The molecule has 17 heavy (non-hydrogen) atoms. The third-order valence-electron chi connectivity index (χ3n) is 3.53. The predicted molar refractivity (Wildman–Crippen MR) is 71.2 cm³/mol. The maximum atomic E-state index is 5.66. The molecule has 94 valence electrons. The third-order valence-corrected chi connectivity index (χ3v) is 3.53. The summed E-state index contributed by atoms with van der Waals surface area (Å²) in [6.45, 7) is 8.10. The fourth-order valence-electron chi connectivity index (χ4n) is 2.43. The van der Waals surface area contributed by atoms with Crippen molar-refractivity contribution in [3.8, 4) is 0 Å². The number of nitrogens with zero attached hydrogens (tertiary/aromatic N) is 3. The number of piperazine rings is 1. The molecule has 1 aromatic heterocycles. The third kappa shape index (κ3) is 2.58. The van der Waals surface area contributed by atoms with E-state index in [1.165, 1.54) is 0 Å². The second-order valence-electron chi connectivity index (χ2n) is 4.92. The van der Waals surface area contributed by atoms with Crippen molar-refractivity contribution in [2.45, 2.75) is 26.4 Å². The van der Waals surface area contributed by atoms with E-state index in [1.54, 1.807) is 0 Å². The molecular formula is C13H22N4. The van der Waals surface area contributed by atoms with Crippen LogP contribution in [0.1, 0.15) is 18.2 Å². The number of aryl methyl sites for hydroxylation is 1. The lowest BCUT2D eigenvalue weighted by Gasteiger charge is -2.39. The summed E-state index contributed by atoms with van der Waals surface area (Å²) in [5, 5.41) is 0. The van der Waals surface area contributed by atoms with Crippen LogP contribution in [0.2, 0.25) is 0 Å². The Morgan fingerprint density at radius 2 is 2.18 bits per heavy atom. The van der Waals surface area contributed by atoms with Crippen molar-refractivity contribution in [1.29, 1.82) is 0 Å². The minimum absolute atomic E-state index is 0.518. The summed E-state index contributed by atoms with van der Waals surface area (Å²) < 4.78 is 0. The van der Waals surface area contributed by atoms with Crippen LogP contribution in [0.5, 0.6) is 0 Å². The first-order valence-electron chi connectivity index (χ1n) is 6.23. The van der Waals surface area contributed by atoms with Gasteiger partial charge in [-0.05, 0) is 32.5 Å². The highest BCUT2D eigenvalue weighted by molar-refractivity contribution is 5.43. The van der Waals surface area contributed by atoms with Gasteiger partial charge in [0.1, 0.15) is 5.82 Å². The van der Waals surface area contributed by atoms with E-state index in [0.717, 1.165) is 36.7 Å². The standard InChI is InChI=1S/C13H22N4/c1-10-9-16(3)6-7-17(10)13-5-4-12(8-14)11(2)15-13/h4-5,10H,6-9,14H2,1-3H3. The van der Waals surface area contributed by atoms with Gasteiger partial charge in [0.05, 0.1) is 0 Å². The average Bonchev–Trinajstić information content (AvgIpc) is 2.29. The van der Waals surface area contributed by atoms with Crippen LogP contribution in [0.25, 0.3) is 0 Å². The molecule has 1 aliphatic heterocycles. The number of anilines is 1. The molecule has 4 heteroatoms. The van der Waals surface area contributed by atoms with Crippen LogP contribution in [-0.4, -0.2) is 42.6 Å².